The lowest BCUT2D eigenvalue weighted by Crippen LogP contribution is -2.12. The first-order chi connectivity index (χ1) is 5.79. The van der Waals surface area contributed by atoms with Gasteiger partial charge in [-0.3, -0.25) is 0 Å². The number of rotatable bonds is 1. The van der Waals surface area contributed by atoms with Crippen molar-refractivity contribution >= 4 is 5.71 Å². The second-order valence-corrected chi connectivity index (χ2v) is 2.87. The van der Waals surface area contributed by atoms with E-state index in [0.29, 0.717) is 11.3 Å². The highest BCUT2D eigenvalue weighted by molar-refractivity contribution is 6.03. The minimum absolute atomic E-state index is 0.231. The summed E-state index contributed by atoms with van der Waals surface area (Å²) in [5, 5.41) is 16.4. The third-order valence-electron chi connectivity index (χ3n) is 2.13. The molecular formula is C10H12N2. The zero-order chi connectivity index (χ0) is 8.97. The quantitative estimate of drug-likeness (QED) is 0.629. The Balaban J connectivity index is 2.90. The van der Waals surface area contributed by atoms with E-state index in [9.17, 15) is 0 Å². The molecule has 1 rings (SSSR count). The number of allylic oxidation sites excluding steroid dienone is 4. The van der Waals surface area contributed by atoms with Crippen molar-refractivity contribution in [2.45, 2.75) is 19.8 Å². The lowest BCUT2D eigenvalue weighted by atomic mass is 9.93. The molecule has 0 amide bonds. The van der Waals surface area contributed by atoms with Crippen LogP contribution in [0.15, 0.2) is 23.8 Å². The van der Waals surface area contributed by atoms with Gasteiger partial charge in [0.2, 0.25) is 0 Å². The van der Waals surface area contributed by atoms with Crippen LogP contribution in [-0.4, -0.2) is 5.71 Å². The SMILES string of the molecule is CCC1CC=CC=C(C#N)C1=N. The first-order valence-electron chi connectivity index (χ1n) is 4.15. The first-order valence-corrected chi connectivity index (χ1v) is 4.15. The van der Waals surface area contributed by atoms with E-state index in [4.69, 9.17) is 10.7 Å². The molecule has 2 heteroatoms. The van der Waals surface area contributed by atoms with Gasteiger partial charge in [0.05, 0.1) is 11.3 Å². The van der Waals surface area contributed by atoms with Crippen molar-refractivity contribution in [3.8, 4) is 6.07 Å². The van der Waals surface area contributed by atoms with E-state index in [1.54, 1.807) is 6.08 Å². The molecule has 1 aliphatic rings. The van der Waals surface area contributed by atoms with E-state index in [-0.39, 0.29) is 5.92 Å². The summed E-state index contributed by atoms with van der Waals surface area (Å²) in [7, 11) is 0. The Kier molecular flexibility index (Phi) is 2.82. The Morgan fingerprint density at radius 1 is 1.75 bits per heavy atom. The zero-order valence-corrected chi connectivity index (χ0v) is 7.17. The van der Waals surface area contributed by atoms with Gasteiger partial charge in [-0.05, 0) is 18.9 Å². The third kappa shape index (κ3) is 1.62. The summed E-state index contributed by atoms with van der Waals surface area (Å²) < 4.78 is 0. The smallest absolute Gasteiger partial charge is 0.101 e. The van der Waals surface area contributed by atoms with Crippen molar-refractivity contribution in [2.24, 2.45) is 5.92 Å². The van der Waals surface area contributed by atoms with Crippen LogP contribution in [0.2, 0.25) is 0 Å². The van der Waals surface area contributed by atoms with Gasteiger partial charge in [-0.2, -0.15) is 5.26 Å². The Labute approximate surface area is 72.7 Å². The number of hydrogen-bond donors (Lipinski definition) is 1. The van der Waals surface area contributed by atoms with Crippen LogP contribution < -0.4 is 0 Å². The van der Waals surface area contributed by atoms with Crippen LogP contribution >= 0.6 is 0 Å². The molecule has 0 aromatic rings. The summed E-state index contributed by atoms with van der Waals surface area (Å²) in [5.41, 5.74) is 1.00. The van der Waals surface area contributed by atoms with E-state index < -0.39 is 0 Å². The fourth-order valence-electron chi connectivity index (χ4n) is 1.30. The van der Waals surface area contributed by atoms with Gasteiger partial charge in [-0.1, -0.05) is 19.1 Å². The van der Waals surface area contributed by atoms with Gasteiger partial charge in [-0.25, -0.2) is 0 Å². The fourth-order valence-corrected chi connectivity index (χ4v) is 1.30. The van der Waals surface area contributed by atoms with E-state index in [1.807, 2.05) is 25.1 Å². The highest BCUT2D eigenvalue weighted by Gasteiger charge is 2.16. The minimum atomic E-state index is 0.231. The first kappa shape index (κ1) is 8.73. The van der Waals surface area contributed by atoms with E-state index in [1.165, 1.54) is 0 Å². The summed E-state index contributed by atoms with van der Waals surface area (Å²) in [4.78, 5) is 0. The molecule has 0 heterocycles. The molecule has 0 fully saturated rings. The number of nitrogens with zero attached hydrogens (tertiary/aromatic N) is 1. The summed E-state index contributed by atoms with van der Waals surface area (Å²) in [6.45, 7) is 2.05. The molecule has 2 nitrogen and oxygen atoms in total. The summed E-state index contributed by atoms with van der Waals surface area (Å²) >= 11 is 0. The average molecular weight is 160 g/mol. The molecule has 1 atom stereocenters. The predicted octanol–water partition coefficient (Wildman–Crippen LogP) is 2.44. The molecule has 0 radical (unpaired) electrons. The molecule has 0 spiro atoms. The highest BCUT2D eigenvalue weighted by atomic mass is 14.5. The summed E-state index contributed by atoms with van der Waals surface area (Å²) in [5.74, 6) is 0.231. The molecule has 62 valence electrons. The average Bonchev–Trinajstić information content (AvgIpc) is 2.27. The molecule has 0 bridgehead atoms. The number of hydrogen-bond acceptors (Lipinski definition) is 2. The van der Waals surface area contributed by atoms with Gasteiger partial charge in [0, 0.05) is 5.92 Å². The predicted molar refractivity (Wildman–Crippen MR) is 49.0 cm³/mol. The standard InChI is InChI=1S/C10H12N2/c1-2-8-5-3-4-6-9(7-11)10(8)12/h3-4,6,8,12H,2,5H2,1H3. The van der Waals surface area contributed by atoms with Crippen molar-refractivity contribution in [1.82, 2.24) is 0 Å². The second-order valence-electron chi connectivity index (χ2n) is 2.87. The maximum atomic E-state index is 8.71. The minimum Gasteiger partial charge on any atom is -0.304 e. The van der Waals surface area contributed by atoms with Crippen LogP contribution in [-0.2, 0) is 0 Å². The lowest BCUT2D eigenvalue weighted by Gasteiger charge is -2.10. The monoisotopic (exact) mass is 160 g/mol. The Morgan fingerprint density at radius 3 is 3.08 bits per heavy atom. The van der Waals surface area contributed by atoms with Crippen LogP contribution in [0, 0.1) is 22.7 Å². The van der Waals surface area contributed by atoms with Crippen LogP contribution in [0.25, 0.3) is 0 Å². The molecule has 12 heavy (non-hydrogen) atoms. The fraction of sp³-hybridized carbons (Fsp3) is 0.400. The molecular weight excluding hydrogens is 148 g/mol. The van der Waals surface area contributed by atoms with Crippen molar-refractivity contribution in [1.29, 1.82) is 10.7 Å². The lowest BCUT2D eigenvalue weighted by molar-refractivity contribution is 0.676. The molecule has 0 saturated heterocycles. The third-order valence-corrected chi connectivity index (χ3v) is 2.13. The Hall–Kier alpha value is -1.36. The van der Waals surface area contributed by atoms with Gasteiger partial charge in [0.25, 0.3) is 0 Å². The maximum Gasteiger partial charge on any atom is 0.101 e. The Bertz CT molecular complexity index is 279. The second kappa shape index (κ2) is 3.87. The number of nitriles is 1. The van der Waals surface area contributed by atoms with Gasteiger partial charge in [-0.15, -0.1) is 0 Å². The van der Waals surface area contributed by atoms with E-state index in [0.717, 1.165) is 12.8 Å². The molecule has 1 aliphatic carbocycles. The van der Waals surface area contributed by atoms with Gasteiger partial charge in [0.15, 0.2) is 0 Å². The summed E-state index contributed by atoms with van der Waals surface area (Å²) in [6, 6.07) is 2.04. The largest absolute Gasteiger partial charge is 0.304 e. The highest BCUT2D eigenvalue weighted by Crippen LogP contribution is 2.18. The van der Waals surface area contributed by atoms with Crippen LogP contribution in [0.3, 0.4) is 0 Å². The van der Waals surface area contributed by atoms with Crippen molar-refractivity contribution in [3.63, 3.8) is 0 Å². The van der Waals surface area contributed by atoms with Crippen LogP contribution in [0.5, 0.6) is 0 Å². The maximum absolute atomic E-state index is 8.71. The van der Waals surface area contributed by atoms with Gasteiger partial charge in [0.1, 0.15) is 6.07 Å². The van der Waals surface area contributed by atoms with Gasteiger partial charge < -0.3 is 5.41 Å². The van der Waals surface area contributed by atoms with Crippen molar-refractivity contribution in [3.05, 3.63) is 23.8 Å². The van der Waals surface area contributed by atoms with Crippen LogP contribution in [0.4, 0.5) is 0 Å². The summed E-state index contributed by atoms with van der Waals surface area (Å²) in [6.07, 6.45) is 7.42. The molecule has 0 aliphatic heterocycles. The topological polar surface area (TPSA) is 47.6 Å². The van der Waals surface area contributed by atoms with E-state index in [2.05, 4.69) is 0 Å². The van der Waals surface area contributed by atoms with Crippen molar-refractivity contribution < 1.29 is 0 Å². The number of nitrogens with one attached hydrogen (secondary N) is 1. The molecule has 0 aromatic heterocycles. The molecule has 1 unspecified atom stereocenters. The molecule has 0 saturated carbocycles. The van der Waals surface area contributed by atoms with E-state index >= 15 is 0 Å². The molecule has 1 N–H and O–H groups in total. The van der Waals surface area contributed by atoms with Crippen LogP contribution in [0.1, 0.15) is 19.8 Å². The molecule has 0 aromatic carbocycles. The van der Waals surface area contributed by atoms with Gasteiger partial charge >= 0.3 is 0 Å². The Morgan fingerprint density at radius 2 is 2.50 bits per heavy atom. The van der Waals surface area contributed by atoms with Crippen molar-refractivity contribution in [2.75, 3.05) is 0 Å². The zero-order valence-electron chi connectivity index (χ0n) is 7.17. The normalized spacial score (nSPS) is 22.8.